The van der Waals surface area contributed by atoms with Gasteiger partial charge in [0.2, 0.25) is 0 Å². The summed E-state index contributed by atoms with van der Waals surface area (Å²) in [6.07, 6.45) is 1.66. The lowest BCUT2D eigenvalue weighted by Gasteiger charge is -2.11. The van der Waals surface area contributed by atoms with E-state index in [0.29, 0.717) is 10.0 Å². The van der Waals surface area contributed by atoms with Crippen LogP contribution in [-0.2, 0) is 4.79 Å². The Balaban J connectivity index is 1.69. The van der Waals surface area contributed by atoms with E-state index in [1.807, 2.05) is 70.2 Å². The predicted molar refractivity (Wildman–Crippen MR) is 127 cm³/mol. The van der Waals surface area contributed by atoms with E-state index in [-0.39, 0.29) is 11.2 Å². The summed E-state index contributed by atoms with van der Waals surface area (Å²) in [4.78, 5) is 13.4. The zero-order chi connectivity index (χ0) is 21.8. The van der Waals surface area contributed by atoms with Gasteiger partial charge in [0.1, 0.15) is 0 Å². The van der Waals surface area contributed by atoms with E-state index < -0.39 is 0 Å². The van der Waals surface area contributed by atoms with E-state index in [1.54, 1.807) is 12.3 Å². The van der Waals surface area contributed by atoms with Crippen LogP contribution in [0.1, 0.15) is 29.4 Å². The lowest BCUT2D eigenvalue weighted by atomic mass is 10.2. The zero-order valence-electron chi connectivity index (χ0n) is 17.2. The quantitative estimate of drug-likeness (QED) is 0.265. The number of rotatable bonds is 6. The Morgan fingerprint density at radius 1 is 1.07 bits per heavy atom. The summed E-state index contributed by atoms with van der Waals surface area (Å²) in [5.74, 6) is -0.146. The van der Waals surface area contributed by atoms with E-state index in [1.165, 1.54) is 17.3 Å². The SMILES string of the molecule is Cc1ccc(S[C@@H](C)C(=O)N/N=C\c2cc(C)n(-c3cc(Cl)cc(Cl)c3)c2C)cc1. The maximum absolute atomic E-state index is 12.4. The Hall–Kier alpha value is -2.21. The molecule has 0 aliphatic heterocycles. The number of nitrogens with one attached hydrogen (secondary N) is 1. The number of nitrogens with zero attached hydrogens (tertiary/aromatic N) is 2. The van der Waals surface area contributed by atoms with Gasteiger partial charge in [-0.05, 0) is 64.1 Å². The number of carbonyl (C=O) groups is 1. The highest BCUT2D eigenvalue weighted by atomic mass is 35.5. The molecule has 30 heavy (non-hydrogen) atoms. The number of benzene rings is 2. The van der Waals surface area contributed by atoms with Gasteiger partial charge < -0.3 is 4.57 Å². The summed E-state index contributed by atoms with van der Waals surface area (Å²) < 4.78 is 2.05. The highest BCUT2D eigenvalue weighted by Gasteiger charge is 2.14. The van der Waals surface area contributed by atoms with Crippen molar-refractivity contribution in [3.63, 3.8) is 0 Å². The number of hydrazone groups is 1. The summed E-state index contributed by atoms with van der Waals surface area (Å²) in [6.45, 7) is 7.89. The van der Waals surface area contributed by atoms with Crippen LogP contribution in [-0.4, -0.2) is 21.9 Å². The van der Waals surface area contributed by atoms with Crippen LogP contribution in [0.3, 0.4) is 0 Å². The summed E-state index contributed by atoms with van der Waals surface area (Å²) in [7, 11) is 0. The molecule has 1 amide bonds. The Labute approximate surface area is 191 Å². The second-order valence-electron chi connectivity index (χ2n) is 7.10. The van der Waals surface area contributed by atoms with Crippen molar-refractivity contribution in [2.75, 3.05) is 0 Å². The van der Waals surface area contributed by atoms with Crippen molar-refractivity contribution >= 4 is 47.1 Å². The minimum absolute atomic E-state index is 0.146. The fourth-order valence-electron chi connectivity index (χ4n) is 3.11. The van der Waals surface area contributed by atoms with Crippen molar-refractivity contribution in [2.24, 2.45) is 5.10 Å². The number of hydrogen-bond donors (Lipinski definition) is 1. The van der Waals surface area contributed by atoms with Gasteiger partial charge in [-0.15, -0.1) is 11.8 Å². The summed E-state index contributed by atoms with van der Waals surface area (Å²) in [5, 5.41) is 5.05. The number of thioether (sulfide) groups is 1. The minimum atomic E-state index is -0.258. The van der Waals surface area contributed by atoms with Crippen LogP contribution in [0.2, 0.25) is 10.0 Å². The second kappa shape index (κ2) is 9.73. The third-order valence-electron chi connectivity index (χ3n) is 4.66. The molecule has 0 radical (unpaired) electrons. The normalized spacial score (nSPS) is 12.3. The molecule has 0 fully saturated rings. The van der Waals surface area contributed by atoms with Gasteiger partial charge in [-0.3, -0.25) is 4.79 Å². The molecule has 0 spiro atoms. The topological polar surface area (TPSA) is 46.4 Å². The first kappa shape index (κ1) is 22.5. The van der Waals surface area contributed by atoms with Crippen LogP contribution < -0.4 is 5.43 Å². The molecule has 1 atom stereocenters. The molecule has 7 heteroatoms. The molecule has 1 aromatic heterocycles. The van der Waals surface area contributed by atoms with Crippen LogP contribution >= 0.6 is 35.0 Å². The molecule has 156 valence electrons. The fraction of sp³-hybridized carbons (Fsp3) is 0.217. The summed E-state index contributed by atoms with van der Waals surface area (Å²) >= 11 is 13.8. The molecule has 0 aliphatic rings. The number of hydrogen-bond acceptors (Lipinski definition) is 3. The molecule has 0 saturated carbocycles. The number of aromatic nitrogens is 1. The molecule has 0 unspecified atom stereocenters. The van der Waals surface area contributed by atoms with E-state index in [2.05, 4.69) is 15.1 Å². The van der Waals surface area contributed by atoms with Gasteiger partial charge in [0.05, 0.1) is 11.5 Å². The van der Waals surface area contributed by atoms with Crippen LogP contribution in [0.5, 0.6) is 0 Å². The molecule has 0 bridgehead atoms. The molecule has 2 aromatic carbocycles. The van der Waals surface area contributed by atoms with Crippen molar-refractivity contribution in [3.05, 3.63) is 81.1 Å². The molecule has 0 saturated heterocycles. The molecular weight excluding hydrogens is 437 g/mol. The summed E-state index contributed by atoms with van der Waals surface area (Å²) in [6, 6.07) is 15.5. The maximum atomic E-state index is 12.4. The van der Waals surface area contributed by atoms with Crippen molar-refractivity contribution in [3.8, 4) is 5.69 Å². The first-order chi connectivity index (χ1) is 14.2. The zero-order valence-corrected chi connectivity index (χ0v) is 19.6. The Kier molecular flexibility index (Phi) is 7.29. The number of aryl methyl sites for hydroxylation is 2. The Morgan fingerprint density at radius 3 is 2.33 bits per heavy atom. The van der Waals surface area contributed by atoms with Crippen LogP contribution in [0.15, 0.2) is 58.5 Å². The minimum Gasteiger partial charge on any atom is -0.318 e. The predicted octanol–water partition coefficient (Wildman–Crippen LogP) is 6.34. The molecule has 1 heterocycles. The first-order valence-electron chi connectivity index (χ1n) is 9.46. The molecule has 3 rings (SSSR count). The van der Waals surface area contributed by atoms with Gasteiger partial charge in [-0.2, -0.15) is 5.10 Å². The van der Waals surface area contributed by atoms with Crippen molar-refractivity contribution < 1.29 is 4.79 Å². The Bertz CT molecular complexity index is 1070. The molecular formula is C23H23Cl2N3OS. The molecule has 3 aromatic rings. The Morgan fingerprint density at radius 2 is 1.70 bits per heavy atom. The fourth-order valence-corrected chi connectivity index (χ4v) is 4.49. The van der Waals surface area contributed by atoms with E-state index in [4.69, 9.17) is 23.2 Å². The monoisotopic (exact) mass is 459 g/mol. The van der Waals surface area contributed by atoms with Gasteiger partial charge in [0.25, 0.3) is 5.91 Å². The maximum Gasteiger partial charge on any atom is 0.253 e. The number of amides is 1. The third kappa shape index (κ3) is 5.48. The van der Waals surface area contributed by atoms with Gasteiger partial charge in [-0.25, -0.2) is 5.43 Å². The molecule has 4 nitrogen and oxygen atoms in total. The highest BCUT2D eigenvalue weighted by Crippen LogP contribution is 2.26. The van der Waals surface area contributed by atoms with E-state index >= 15 is 0 Å². The lowest BCUT2D eigenvalue weighted by molar-refractivity contribution is -0.120. The number of halogens is 2. The van der Waals surface area contributed by atoms with Gasteiger partial charge in [0.15, 0.2) is 0 Å². The van der Waals surface area contributed by atoms with Crippen molar-refractivity contribution in [1.82, 2.24) is 9.99 Å². The van der Waals surface area contributed by atoms with Crippen molar-refractivity contribution in [1.29, 1.82) is 0 Å². The smallest absolute Gasteiger partial charge is 0.253 e. The van der Waals surface area contributed by atoms with Crippen LogP contribution in [0.25, 0.3) is 5.69 Å². The van der Waals surface area contributed by atoms with Gasteiger partial charge in [0, 0.05) is 37.6 Å². The van der Waals surface area contributed by atoms with Gasteiger partial charge in [-0.1, -0.05) is 40.9 Å². The summed E-state index contributed by atoms with van der Waals surface area (Å²) in [5.41, 5.74) is 7.61. The van der Waals surface area contributed by atoms with Gasteiger partial charge >= 0.3 is 0 Å². The number of carbonyl (C=O) groups excluding carboxylic acids is 1. The van der Waals surface area contributed by atoms with E-state index in [9.17, 15) is 4.79 Å². The first-order valence-corrected chi connectivity index (χ1v) is 11.1. The molecule has 1 N–H and O–H groups in total. The largest absolute Gasteiger partial charge is 0.318 e. The average molecular weight is 460 g/mol. The highest BCUT2D eigenvalue weighted by molar-refractivity contribution is 8.00. The molecule has 0 aliphatic carbocycles. The lowest BCUT2D eigenvalue weighted by Crippen LogP contribution is -2.26. The van der Waals surface area contributed by atoms with E-state index in [0.717, 1.165) is 27.5 Å². The van der Waals surface area contributed by atoms with Crippen LogP contribution in [0.4, 0.5) is 0 Å². The standard InChI is InChI=1S/C23H23Cl2N3OS/c1-14-5-7-22(8-6-14)30-17(4)23(29)27-26-13-18-9-15(2)28(16(18)3)21-11-19(24)10-20(25)12-21/h5-13,17H,1-4H3,(H,27,29)/b26-13-/t17-/m0/s1. The van der Waals surface area contributed by atoms with Crippen LogP contribution in [0, 0.1) is 20.8 Å². The second-order valence-corrected chi connectivity index (χ2v) is 9.38. The average Bonchev–Trinajstić information content (AvgIpc) is 2.96. The third-order valence-corrected chi connectivity index (χ3v) is 6.21. The van der Waals surface area contributed by atoms with Crippen molar-refractivity contribution in [2.45, 2.75) is 37.8 Å².